The van der Waals surface area contributed by atoms with E-state index in [1.165, 1.54) is 18.7 Å². The highest BCUT2D eigenvalue weighted by atomic mass is 35.5. The number of carbonyl (C=O) groups excluding carboxylic acids is 1. The summed E-state index contributed by atoms with van der Waals surface area (Å²) in [6, 6.07) is 8.98. The number of hydrogen-bond donors (Lipinski definition) is 1. The summed E-state index contributed by atoms with van der Waals surface area (Å²) in [6.45, 7) is 1.50. The number of carbonyl (C=O) groups is 1. The number of nitrogens with zero attached hydrogens (tertiary/aromatic N) is 1. The van der Waals surface area contributed by atoms with Gasteiger partial charge in [-0.2, -0.15) is 0 Å². The lowest BCUT2D eigenvalue weighted by atomic mass is 10.1. The molecular weight excluding hydrogens is 268 g/mol. The van der Waals surface area contributed by atoms with Gasteiger partial charge in [0.2, 0.25) is 0 Å². The monoisotopic (exact) mass is 278 g/mol. The maximum absolute atomic E-state index is 11.4. The van der Waals surface area contributed by atoms with Crippen LogP contribution in [-0.4, -0.2) is 10.8 Å². The van der Waals surface area contributed by atoms with Crippen molar-refractivity contribution in [3.8, 4) is 0 Å². The first kappa shape index (κ1) is 12.9. The Balaban J connectivity index is 2.27. The summed E-state index contributed by atoms with van der Waals surface area (Å²) in [7, 11) is 0. The molecular formula is C13H11ClN2OS. The van der Waals surface area contributed by atoms with Crippen LogP contribution >= 0.6 is 23.4 Å². The average Bonchev–Trinajstić information content (AvgIpc) is 2.34. The van der Waals surface area contributed by atoms with Crippen molar-refractivity contribution in [3.63, 3.8) is 0 Å². The fourth-order valence-electron chi connectivity index (χ4n) is 1.45. The molecule has 0 radical (unpaired) electrons. The SMILES string of the molecule is CC(=O)c1cc(Sc2ccc(Cl)cn2)ccc1N. The zero-order valence-electron chi connectivity index (χ0n) is 9.68. The summed E-state index contributed by atoms with van der Waals surface area (Å²) < 4.78 is 0. The lowest BCUT2D eigenvalue weighted by Crippen LogP contribution is -1.99. The van der Waals surface area contributed by atoms with Gasteiger partial charge in [-0.25, -0.2) is 4.98 Å². The molecule has 0 fully saturated rings. The summed E-state index contributed by atoms with van der Waals surface area (Å²) in [5, 5.41) is 1.42. The number of nitrogens with two attached hydrogens (primary N) is 1. The second-order valence-electron chi connectivity index (χ2n) is 3.72. The summed E-state index contributed by atoms with van der Waals surface area (Å²) in [6.07, 6.45) is 1.59. The summed E-state index contributed by atoms with van der Waals surface area (Å²) in [4.78, 5) is 16.5. The fourth-order valence-corrected chi connectivity index (χ4v) is 2.35. The molecule has 0 aliphatic rings. The van der Waals surface area contributed by atoms with Crippen molar-refractivity contribution in [2.75, 3.05) is 5.73 Å². The second kappa shape index (κ2) is 5.42. The minimum Gasteiger partial charge on any atom is -0.398 e. The van der Waals surface area contributed by atoms with Crippen LogP contribution < -0.4 is 5.73 Å². The Hall–Kier alpha value is -1.52. The number of benzene rings is 1. The quantitative estimate of drug-likeness (QED) is 0.687. The van der Waals surface area contributed by atoms with E-state index in [4.69, 9.17) is 17.3 Å². The minimum absolute atomic E-state index is 0.0426. The van der Waals surface area contributed by atoms with Gasteiger partial charge in [-0.15, -0.1) is 0 Å². The molecule has 2 N–H and O–H groups in total. The first-order valence-electron chi connectivity index (χ1n) is 5.26. The van der Waals surface area contributed by atoms with Crippen molar-refractivity contribution < 1.29 is 4.79 Å². The second-order valence-corrected chi connectivity index (χ2v) is 5.25. The van der Waals surface area contributed by atoms with Crippen LogP contribution in [0, 0.1) is 0 Å². The van der Waals surface area contributed by atoms with Crippen molar-refractivity contribution in [1.29, 1.82) is 0 Å². The van der Waals surface area contributed by atoms with Gasteiger partial charge < -0.3 is 5.73 Å². The maximum Gasteiger partial charge on any atom is 0.161 e. The molecule has 1 heterocycles. The topological polar surface area (TPSA) is 56.0 Å². The number of hydrogen-bond acceptors (Lipinski definition) is 4. The molecule has 1 aromatic heterocycles. The molecule has 0 saturated heterocycles. The third-order valence-corrected chi connectivity index (χ3v) is 3.49. The van der Waals surface area contributed by atoms with Gasteiger partial charge in [-0.05, 0) is 37.3 Å². The zero-order chi connectivity index (χ0) is 13.1. The van der Waals surface area contributed by atoms with Crippen LogP contribution in [0.2, 0.25) is 5.02 Å². The van der Waals surface area contributed by atoms with Gasteiger partial charge in [-0.3, -0.25) is 4.79 Å². The molecule has 0 saturated carbocycles. The first-order chi connectivity index (χ1) is 8.56. The highest BCUT2D eigenvalue weighted by Gasteiger charge is 2.07. The van der Waals surface area contributed by atoms with E-state index in [1.807, 2.05) is 12.1 Å². The Morgan fingerprint density at radius 3 is 2.72 bits per heavy atom. The van der Waals surface area contributed by atoms with Crippen molar-refractivity contribution in [3.05, 3.63) is 47.1 Å². The Morgan fingerprint density at radius 2 is 2.11 bits per heavy atom. The van der Waals surface area contributed by atoms with E-state index < -0.39 is 0 Å². The Labute approximate surface area is 114 Å². The molecule has 0 amide bonds. The number of ketones is 1. The molecule has 5 heteroatoms. The molecule has 1 aromatic carbocycles. The van der Waals surface area contributed by atoms with Crippen LogP contribution in [0.4, 0.5) is 5.69 Å². The van der Waals surface area contributed by atoms with Crippen LogP contribution in [0.1, 0.15) is 17.3 Å². The molecule has 92 valence electrons. The normalized spacial score (nSPS) is 10.3. The number of anilines is 1. The summed E-state index contributed by atoms with van der Waals surface area (Å²) in [5.74, 6) is -0.0426. The minimum atomic E-state index is -0.0426. The number of Topliss-reactive ketones (excluding diaryl/α,β-unsaturated/α-hetero) is 1. The largest absolute Gasteiger partial charge is 0.398 e. The molecule has 0 aliphatic carbocycles. The van der Waals surface area contributed by atoms with Gasteiger partial charge in [0.05, 0.1) is 5.02 Å². The molecule has 2 rings (SSSR count). The van der Waals surface area contributed by atoms with E-state index >= 15 is 0 Å². The van der Waals surface area contributed by atoms with Crippen LogP contribution in [-0.2, 0) is 0 Å². The zero-order valence-corrected chi connectivity index (χ0v) is 11.3. The van der Waals surface area contributed by atoms with Crippen molar-refractivity contribution in [1.82, 2.24) is 4.98 Å². The van der Waals surface area contributed by atoms with Gasteiger partial charge in [0.15, 0.2) is 5.78 Å². The van der Waals surface area contributed by atoms with E-state index in [0.29, 0.717) is 16.3 Å². The molecule has 3 nitrogen and oxygen atoms in total. The average molecular weight is 279 g/mol. The van der Waals surface area contributed by atoms with Gasteiger partial charge in [0.1, 0.15) is 5.03 Å². The number of pyridine rings is 1. The van der Waals surface area contributed by atoms with Crippen molar-refractivity contribution in [2.45, 2.75) is 16.8 Å². The molecule has 0 aliphatic heterocycles. The number of aromatic nitrogens is 1. The summed E-state index contributed by atoms with van der Waals surface area (Å²) >= 11 is 7.23. The van der Waals surface area contributed by atoms with Crippen LogP contribution in [0.25, 0.3) is 0 Å². The van der Waals surface area contributed by atoms with E-state index in [2.05, 4.69) is 4.98 Å². The van der Waals surface area contributed by atoms with Gasteiger partial charge in [0.25, 0.3) is 0 Å². The molecule has 0 unspecified atom stereocenters. The Morgan fingerprint density at radius 1 is 1.33 bits per heavy atom. The molecule has 18 heavy (non-hydrogen) atoms. The third kappa shape index (κ3) is 3.03. The standard InChI is InChI=1S/C13H11ClN2OS/c1-8(17)11-6-10(3-4-12(11)15)18-13-5-2-9(14)7-16-13/h2-7H,15H2,1H3. The Kier molecular flexibility index (Phi) is 3.89. The maximum atomic E-state index is 11.4. The van der Waals surface area contributed by atoms with Crippen LogP contribution in [0.5, 0.6) is 0 Å². The molecule has 0 atom stereocenters. The van der Waals surface area contributed by atoms with Crippen LogP contribution in [0.15, 0.2) is 46.5 Å². The van der Waals surface area contributed by atoms with E-state index in [9.17, 15) is 4.79 Å². The smallest absolute Gasteiger partial charge is 0.161 e. The molecule has 0 bridgehead atoms. The van der Waals surface area contributed by atoms with Gasteiger partial charge >= 0.3 is 0 Å². The number of rotatable bonds is 3. The Bertz CT molecular complexity index is 584. The van der Waals surface area contributed by atoms with Gasteiger partial charge in [-0.1, -0.05) is 23.4 Å². The van der Waals surface area contributed by atoms with Crippen molar-refractivity contribution in [2.24, 2.45) is 0 Å². The lowest BCUT2D eigenvalue weighted by molar-refractivity contribution is 0.101. The highest BCUT2D eigenvalue weighted by molar-refractivity contribution is 7.99. The number of nitrogen functional groups attached to an aromatic ring is 1. The predicted octanol–water partition coefficient (Wildman–Crippen LogP) is 3.67. The highest BCUT2D eigenvalue weighted by Crippen LogP contribution is 2.29. The molecule has 0 spiro atoms. The number of halogens is 1. The van der Waals surface area contributed by atoms with Gasteiger partial charge in [0, 0.05) is 22.3 Å². The van der Waals surface area contributed by atoms with Crippen molar-refractivity contribution >= 4 is 34.8 Å². The predicted molar refractivity (Wildman–Crippen MR) is 74.2 cm³/mol. The first-order valence-corrected chi connectivity index (χ1v) is 6.45. The van der Waals surface area contributed by atoms with E-state index in [1.54, 1.807) is 24.4 Å². The fraction of sp³-hybridized carbons (Fsp3) is 0.0769. The van der Waals surface area contributed by atoms with Crippen LogP contribution in [0.3, 0.4) is 0 Å². The lowest BCUT2D eigenvalue weighted by Gasteiger charge is -2.05. The summed E-state index contributed by atoms with van der Waals surface area (Å²) in [5.41, 5.74) is 6.77. The third-order valence-electron chi connectivity index (χ3n) is 2.33. The molecule has 2 aromatic rings. The van der Waals surface area contributed by atoms with E-state index in [-0.39, 0.29) is 5.78 Å². The van der Waals surface area contributed by atoms with E-state index in [0.717, 1.165) is 9.92 Å².